The van der Waals surface area contributed by atoms with Gasteiger partial charge in [0.15, 0.2) is 0 Å². The highest BCUT2D eigenvalue weighted by molar-refractivity contribution is 6.31. The van der Waals surface area contributed by atoms with Crippen molar-refractivity contribution in [2.45, 2.75) is 26.0 Å². The predicted molar refractivity (Wildman–Crippen MR) is 79.5 cm³/mol. The van der Waals surface area contributed by atoms with E-state index in [2.05, 4.69) is 0 Å². The maximum atomic E-state index is 13.6. The van der Waals surface area contributed by atoms with E-state index < -0.39 is 11.6 Å². The molecular weight excluding hydrogens is 296 g/mol. The van der Waals surface area contributed by atoms with Crippen molar-refractivity contribution in [3.8, 4) is 5.75 Å². The van der Waals surface area contributed by atoms with Crippen LogP contribution in [-0.2, 0) is 13.0 Å². The molecular formula is C16H16ClF2NO. The van der Waals surface area contributed by atoms with Gasteiger partial charge < -0.3 is 10.5 Å². The third kappa shape index (κ3) is 3.93. The summed E-state index contributed by atoms with van der Waals surface area (Å²) in [4.78, 5) is 0. The summed E-state index contributed by atoms with van der Waals surface area (Å²) in [6.45, 7) is 1.65. The van der Waals surface area contributed by atoms with Gasteiger partial charge in [-0.3, -0.25) is 0 Å². The zero-order valence-electron chi connectivity index (χ0n) is 11.6. The van der Waals surface area contributed by atoms with Gasteiger partial charge in [-0.2, -0.15) is 0 Å². The molecule has 2 N–H and O–H groups in total. The molecule has 2 aromatic carbocycles. The Morgan fingerprint density at radius 2 is 1.71 bits per heavy atom. The Bertz CT molecular complexity index is 611. The molecule has 0 fully saturated rings. The van der Waals surface area contributed by atoms with Crippen molar-refractivity contribution in [1.29, 1.82) is 0 Å². The lowest BCUT2D eigenvalue weighted by Crippen LogP contribution is -2.18. The zero-order chi connectivity index (χ0) is 15.4. The van der Waals surface area contributed by atoms with Gasteiger partial charge >= 0.3 is 0 Å². The molecule has 0 aliphatic rings. The number of ether oxygens (including phenoxy) is 1. The van der Waals surface area contributed by atoms with Crippen molar-refractivity contribution in [3.63, 3.8) is 0 Å². The van der Waals surface area contributed by atoms with Crippen LogP contribution in [0.3, 0.4) is 0 Å². The van der Waals surface area contributed by atoms with Crippen molar-refractivity contribution >= 4 is 11.6 Å². The molecule has 0 saturated carbocycles. The molecule has 2 aromatic rings. The van der Waals surface area contributed by atoms with Crippen LogP contribution in [0, 0.1) is 11.6 Å². The van der Waals surface area contributed by atoms with Crippen LogP contribution >= 0.6 is 11.6 Å². The van der Waals surface area contributed by atoms with Crippen molar-refractivity contribution in [2.24, 2.45) is 5.73 Å². The van der Waals surface area contributed by atoms with E-state index in [-0.39, 0.29) is 18.2 Å². The van der Waals surface area contributed by atoms with Gasteiger partial charge in [-0.25, -0.2) is 8.78 Å². The van der Waals surface area contributed by atoms with Crippen LogP contribution in [0.1, 0.15) is 18.1 Å². The highest BCUT2D eigenvalue weighted by Gasteiger charge is 2.13. The molecule has 2 rings (SSSR count). The smallest absolute Gasteiger partial charge is 0.132 e. The monoisotopic (exact) mass is 311 g/mol. The van der Waals surface area contributed by atoms with E-state index in [1.165, 1.54) is 18.2 Å². The predicted octanol–water partition coefficient (Wildman–Crippen LogP) is 4.09. The van der Waals surface area contributed by atoms with Gasteiger partial charge in [0.1, 0.15) is 24.0 Å². The van der Waals surface area contributed by atoms with Crippen LogP contribution in [-0.4, -0.2) is 6.04 Å². The molecule has 0 radical (unpaired) electrons. The van der Waals surface area contributed by atoms with Gasteiger partial charge in [-0.15, -0.1) is 0 Å². The first kappa shape index (κ1) is 15.7. The van der Waals surface area contributed by atoms with Crippen LogP contribution in [0.25, 0.3) is 0 Å². The van der Waals surface area contributed by atoms with E-state index in [0.717, 1.165) is 5.56 Å². The molecule has 2 nitrogen and oxygen atoms in total. The summed E-state index contributed by atoms with van der Waals surface area (Å²) in [6, 6.07) is 8.77. The lowest BCUT2D eigenvalue weighted by atomic mass is 10.1. The Kier molecular flexibility index (Phi) is 5.15. The molecule has 0 spiro atoms. The third-order valence-electron chi connectivity index (χ3n) is 3.04. The molecule has 1 atom stereocenters. The van der Waals surface area contributed by atoms with Gasteiger partial charge in [0.25, 0.3) is 0 Å². The minimum atomic E-state index is -0.634. The first-order chi connectivity index (χ1) is 9.99. The minimum Gasteiger partial charge on any atom is -0.488 e. The molecule has 21 heavy (non-hydrogen) atoms. The molecule has 112 valence electrons. The Hall–Kier alpha value is -1.65. The molecule has 0 heterocycles. The van der Waals surface area contributed by atoms with Gasteiger partial charge in [0, 0.05) is 16.6 Å². The number of rotatable bonds is 5. The van der Waals surface area contributed by atoms with Crippen LogP contribution < -0.4 is 10.5 Å². The number of halogens is 3. The van der Waals surface area contributed by atoms with Crippen molar-refractivity contribution in [1.82, 2.24) is 0 Å². The molecule has 1 unspecified atom stereocenters. The van der Waals surface area contributed by atoms with E-state index in [4.69, 9.17) is 22.1 Å². The van der Waals surface area contributed by atoms with Crippen molar-refractivity contribution < 1.29 is 13.5 Å². The molecule has 0 amide bonds. The minimum absolute atomic E-state index is 0.0996. The Balaban J connectivity index is 2.22. The van der Waals surface area contributed by atoms with Gasteiger partial charge in [-0.05, 0) is 37.6 Å². The fourth-order valence-electron chi connectivity index (χ4n) is 2.01. The number of nitrogens with two attached hydrogens (primary N) is 1. The highest BCUT2D eigenvalue weighted by Crippen LogP contribution is 2.28. The third-order valence-corrected chi connectivity index (χ3v) is 3.39. The van der Waals surface area contributed by atoms with E-state index >= 15 is 0 Å². The van der Waals surface area contributed by atoms with Crippen LogP contribution in [0.4, 0.5) is 8.78 Å². The summed E-state index contributed by atoms with van der Waals surface area (Å²) in [5, 5.41) is 0.527. The molecule has 0 aliphatic heterocycles. The van der Waals surface area contributed by atoms with Crippen molar-refractivity contribution in [2.75, 3.05) is 0 Å². The summed E-state index contributed by atoms with van der Waals surface area (Å²) in [6.07, 6.45) is 0.523. The Morgan fingerprint density at radius 1 is 1.10 bits per heavy atom. The Labute approximate surface area is 127 Å². The topological polar surface area (TPSA) is 35.2 Å². The number of hydrogen-bond donors (Lipinski definition) is 1. The van der Waals surface area contributed by atoms with Gasteiger partial charge in [-0.1, -0.05) is 23.7 Å². The van der Waals surface area contributed by atoms with Gasteiger partial charge in [0.2, 0.25) is 0 Å². The average molecular weight is 312 g/mol. The lowest BCUT2D eigenvalue weighted by Gasteiger charge is -2.15. The van der Waals surface area contributed by atoms with E-state index in [9.17, 15) is 8.78 Å². The standard InChI is InChI=1S/C16H16ClF2NO/c1-10(20)8-11-13(17)4-2-7-16(11)21-9-12-14(18)5-3-6-15(12)19/h2-7,10H,8-9,20H2,1H3. The maximum absolute atomic E-state index is 13.6. The second kappa shape index (κ2) is 6.87. The number of hydrogen-bond acceptors (Lipinski definition) is 2. The van der Waals surface area contributed by atoms with Crippen LogP contribution in [0.5, 0.6) is 5.75 Å². The zero-order valence-corrected chi connectivity index (χ0v) is 12.3. The summed E-state index contributed by atoms with van der Waals surface area (Å²) in [7, 11) is 0. The Morgan fingerprint density at radius 3 is 2.33 bits per heavy atom. The van der Waals surface area contributed by atoms with E-state index in [0.29, 0.717) is 17.2 Å². The second-order valence-corrected chi connectivity index (χ2v) is 5.29. The summed E-state index contributed by atoms with van der Waals surface area (Å²) in [5.41, 5.74) is 6.42. The van der Waals surface area contributed by atoms with E-state index in [1.807, 2.05) is 6.92 Å². The van der Waals surface area contributed by atoms with Crippen molar-refractivity contribution in [3.05, 3.63) is 64.2 Å². The summed E-state index contributed by atoms with van der Waals surface area (Å²) < 4.78 is 32.7. The van der Waals surface area contributed by atoms with E-state index in [1.54, 1.807) is 18.2 Å². The molecule has 0 bridgehead atoms. The molecule has 0 aliphatic carbocycles. The molecule has 5 heteroatoms. The number of benzene rings is 2. The van der Waals surface area contributed by atoms with Crippen LogP contribution in [0.15, 0.2) is 36.4 Å². The fraction of sp³-hybridized carbons (Fsp3) is 0.250. The first-order valence-electron chi connectivity index (χ1n) is 6.57. The molecule has 0 aromatic heterocycles. The fourth-order valence-corrected chi connectivity index (χ4v) is 2.26. The maximum Gasteiger partial charge on any atom is 0.132 e. The SMILES string of the molecule is CC(N)Cc1c(Cl)cccc1OCc1c(F)cccc1F. The van der Waals surface area contributed by atoms with Gasteiger partial charge in [0.05, 0.1) is 5.56 Å². The quantitative estimate of drug-likeness (QED) is 0.902. The average Bonchev–Trinajstić information content (AvgIpc) is 2.41. The summed E-state index contributed by atoms with van der Waals surface area (Å²) in [5.74, 6) is -0.779. The largest absolute Gasteiger partial charge is 0.488 e. The lowest BCUT2D eigenvalue weighted by molar-refractivity contribution is 0.289. The molecule has 0 saturated heterocycles. The van der Waals surface area contributed by atoms with Crippen LogP contribution in [0.2, 0.25) is 5.02 Å². The second-order valence-electron chi connectivity index (χ2n) is 4.89. The summed E-state index contributed by atoms with van der Waals surface area (Å²) >= 11 is 6.13. The normalized spacial score (nSPS) is 12.2. The highest BCUT2D eigenvalue weighted by atomic mass is 35.5. The first-order valence-corrected chi connectivity index (χ1v) is 6.95.